The van der Waals surface area contributed by atoms with Gasteiger partial charge in [-0.15, -0.1) is 0 Å². The number of hydrogen-bond acceptors (Lipinski definition) is 7. The number of aliphatic hydroxyl groups is 1. The first-order chi connectivity index (χ1) is 17.2. The summed E-state index contributed by atoms with van der Waals surface area (Å²) in [5.74, 6) is 0.481. The Morgan fingerprint density at radius 3 is 2.56 bits per heavy atom. The predicted molar refractivity (Wildman–Crippen MR) is 131 cm³/mol. The fourth-order valence-electron chi connectivity index (χ4n) is 4.62. The number of amides is 1. The lowest BCUT2D eigenvalue weighted by molar-refractivity contribution is -0.140. The van der Waals surface area contributed by atoms with Gasteiger partial charge in [0.1, 0.15) is 23.3 Å². The minimum absolute atomic E-state index is 0.0271. The molecule has 0 radical (unpaired) electrons. The first kappa shape index (κ1) is 23.5. The highest BCUT2D eigenvalue weighted by molar-refractivity contribution is 6.46. The fraction of sp³-hybridized carbons (Fsp3) is 0.286. The van der Waals surface area contributed by atoms with Crippen molar-refractivity contribution in [2.45, 2.75) is 38.8 Å². The second-order valence-corrected chi connectivity index (χ2v) is 9.80. The van der Waals surface area contributed by atoms with E-state index in [1.165, 1.54) is 11.2 Å². The zero-order valence-electron chi connectivity index (χ0n) is 20.5. The lowest BCUT2D eigenvalue weighted by Gasteiger charge is -2.24. The largest absolute Gasteiger partial charge is 0.507 e. The number of likely N-dealkylation sites (tertiary alicyclic amines) is 1. The van der Waals surface area contributed by atoms with Crippen molar-refractivity contribution in [3.63, 3.8) is 0 Å². The number of carbonyl (C=O) groups excluding carboxylic acids is 2. The third kappa shape index (κ3) is 3.98. The molecule has 3 aromatic rings. The third-order valence-corrected chi connectivity index (χ3v) is 6.42. The van der Waals surface area contributed by atoms with Crippen LogP contribution in [0.5, 0.6) is 17.2 Å². The van der Waals surface area contributed by atoms with Crippen LogP contribution >= 0.6 is 0 Å². The lowest BCUT2D eigenvalue weighted by Crippen LogP contribution is -2.29. The molecule has 186 valence electrons. The van der Waals surface area contributed by atoms with Gasteiger partial charge in [-0.05, 0) is 53.4 Å². The van der Waals surface area contributed by atoms with Gasteiger partial charge >= 0.3 is 0 Å². The van der Waals surface area contributed by atoms with Crippen molar-refractivity contribution >= 4 is 17.4 Å². The standard InChI is InChI=1S/C28H27NO7/c1-28(2,3)18-13-17(8-10-19(18)33-4)25(30)23-24(21-6-5-11-34-21)29(27(32)26(23)31)14-16-7-9-20-22(12-16)36-15-35-20/h5-13,24,30H,14-15H2,1-4H3/b25-23-. The van der Waals surface area contributed by atoms with Crippen LogP contribution in [0.1, 0.15) is 49.3 Å². The molecule has 0 bridgehead atoms. The fourth-order valence-corrected chi connectivity index (χ4v) is 4.62. The maximum absolute atomic E-state index is 13.3. The Labute approximate surface area is 208 Å². The molecule has 0 spiro atoms. The maximum Gasteiger partial charge on any atom is 0.296 e. The van der Waals surface area contributed by atoms with Gasteiger partial charge in [0.15, 0.2) is 11.5 Å². The molecule has 5 rings (SSSR count). The Bertz CT molecular complexity index is 1370. The van der Waals surface area contributed by atoms with Crippen LogP contribution < -0.4 is 14.2 Å². The van der Waals surface area contributed by atoms with Gasteiger partial charge in [0.25, 0.3) is 11.7 Å². The average Bonchev–Trinajstić information content (AvgIpc) is 3.59. The summed E-state index contributed by atoms with van der Waals surface area (Å²) in [6.45, 7) is 6.33. The zero-order valence-corrected chi connectivity index (χ0v) is 20.5. The Morgan fingerprint density at radius 1 is 1.08 bits per heavy atom. The highest BCUT2D eigenvalue weighted by Gasteiger charge is 2.47. The molecular weight excluding hydrogens is 462 g/mol. The Kier molecular flexibility index (Phi) is 5.74. The number of benzene rings is 2. The summed E-state index contributed by atoms with van der Waals surface area (Å²) in [6.07, 6.45) is 1.47. The van der Waals surface area contributed by atoms with Crippen LogP contribution in [0.15, 0.2) is 64.8 Å². The molecule has 1 unspecified atom stereocenters. The van der Waals surface area contributed by atoms with Crippen LogP contribution in [0, 0.1) is 0 Å². The van der Waals surface area contributed by atoms with E-state index in [2.05, 4.69) is 0 Å². The van der Waals surface area contributed by atoms with Crippen molar-refractivity contribution in [1.82, 2.24) is 4.90 Å². The summed E-state index contributed by atoms with van der Waals surface area (Å²) >= 11 is 0. The van der Waals surface area contributed by atoms with Crippen molar-refractivity contribution in [1.29, 1.82) is 0 Å². The van der Waals surface area contributed by atoms with Crippen molar-refractivity contribution < 1.29 is 33.3 Å². The number of ketones is 1. The molecule has 3 heterocycles. The molecular formula is C28H27NO7. The van der Waals surface area contributed by atoms with Crippen molar-refractivity contribution in [2.24, 2.45) is 0 Å². The van der Waals surface area contributed by atoms with E-state index in [0.717, 1.165) is 11.1 Å². The molecule has 2 aromatic carbocycles. The van der Waals surface area contributed by atoms with Gasteiger partial charge in [-0.1, -0.05) is 26.8 Å². The summed E-state index contributed by atoms with van der Waals surface area (Å²) < 4.78 is 22.0. The topological polar surface area (TPSA) is 98.4 Å². The monoisotopic (exact) mass is 489 g/mol. The molecule has 36 heavy (non-hydrogen) atoms. The number of rotatable bonds is 5. The number of nitrogens with zero attached hydrogens (tertiary/aromatic N) is 1. The molecule has 8 nitrogen and oxygen atoms in total. The molecule has 1 aromatic heterocycles. The van der Waals surface area contributed by atoms with Crippen molar-refractivity contribution in [3.8, 4) is 17.2 Å². The van der Waals surface area contributed by atoms with E-state index in [1.54, 1.807) is 49.6 Å². The van der Waals surface area contributed by atoms with E-state index < -0.39 is 17.7 Å². The van der Waals surface area contributed by atoms with E-state index in [-0.39, 0.29) is 30.1 Å². The highest BCUT2D eigenvalue weighted by atomic mass is 16.7. The third-order valence-electron chi connectivity index (χ3n) is 6.42. The van der Waals surface area contributed by atoms with Gasteiger partial charge in [-0.3, -0.25) is 9.59 Å². The number of fused-ring (bicyclic) bond motifs is 1. The summed E-state index contributed by atoms with van der Waals surface area (Å²) in [5, 5.41) is 11.4. The number of Topliss-reactive ketones (excluding diaryl/α,β-unsaturated/α-hetero) is 1. The van der Waals surface area contributed by atoms with Crippen LogP contribution in [0.2, 0.25) is 0 Å². The minimum atomic E-state index is -0.898. The molecule has 0 aliphatic carbocycles. The van der Waals surface area contributed by atoms with Crippen molar-refractivity contribution in [2.75, 3.05) is 13.9 Å². The Balaban J connectivity index is 1.60. The van der Waals surface area contributed by atoms with Gasteiger partial charge in [-0.25, -0.2) is 0 Å². The SMILES string of the molecule is COc1ccc(/C(O)=C2/C(=O)C(=O)N(Cc3ccc4c(c3)OCO4)C2c2ccco2)cc1C(C)(C)C. The predicted octanol–water partition coefficient (Wildman–Crippen LogP) is 4.94. The van der Waals surface area contributed by atoms with Gasteiger partial charge in [0.05, 0.1) is 18.9 Å². The van der Waals surface area contributed by atoms with E-state index in [1.807, 2.05) is 26.8 Å². The van der Waals surface area contributed by atoms with Gasteiger partial charge < -0.3 is 28.6 Å². The first-order valence-electron chi connectivity index (χ1n) is 11.6. The molecule has 1 saturated heterocycles. The molecule has 8 heteroatoms. The second kappa shape index (κ2) is 8.78. The molecule has 1 amide bonds. The minimum Gasteiger partial charge on any atom is -0.507 e. The van der Waals surface area contributed by atoms with Crippen LogP contribution in [0.3, 0.4) is 0 Å². The smallest absolute Gasteiger partial charge is 0.296 e. The van der Waals surface area contributed by atoms with E-state index in [0.29, 0.717) is 28.6 Å². The van der Waals surface area contributed by atoms with Crippen LogP contribution in [0.4, 0.5) is 0 Å². The van der Waals surface area contributed by atoms with Gasteiger partial charge in [0.2, 0.25) is 6.79 Å². The number of aliphatic hydroxyl groups excluding tert-OH is 1. The quantitative estimate of drug-likeness (QED) is 0.308. The summed E-state index contributed by atoms with van der Waals surface area (Å²) in [4.78, 5) is 27.9. The summed E-state index contributed by atoms with van der Waals surface area (Å²) in [7, 11) is 1.59. The molecule has 1 N–H and O–H groups in total. The number of furan rings is 1. The number of carbonyl (C=O) groups is 2. The number of methoxy groups -OCH3 is 1. The Morgan fingerprint density at radius 2 is 1.86 bits per heavy atom. The number of ether oxygens (including phenoxy) is 3. The van der Waals surface area contributed by atoms with Gasteiger partial charge in [-0.2, -0.15) is 0 Å². The van der Waals surface area contributed by atoms with Crippen LogP contribution in [-0.4, -0.2) is 35.6 Å². The molecule has 2 aliphatic rings. The molecule has 2 aliphatic heterocycles. The van der Waals surface area contributed by atoms with E-state index >= 15 is 0 Å². The summed E-state index contributed by atoms with van der Waals surface area (Å²) in [6, 6.07) is 13.0. The average molecular weight is 490 g/mol. The second-order valence-electron chi connectivity index (χ2n) is 9.80. The Hall–Kier alpha value is -4.20. The normalized spacial score (nSPS) is 18.7. The van der Waals surface area contributed by atoms with Crippen molar-refractivity contribution in [3.05, 3.63) is 82.8 Å². The zero-order chi connectivity index (χ0) is 25.6. The lowest BCUT2D eigenvalue weighted by atomic mass is 9.84. The first-order valence-corrected chi connectivity index (χ1v) is 11.6. The van der Waals surface area contributed by atoms with Crippen LogP contribution in [0.25, 0.3) is 5.76 Å². The molecule has 1 fully saturated rings. The van der Waals surface area contributed by atoms with E-state index in [9.17, 15) is 14.7 Å². The highest BCUT2D eigenvalue weighted by Crippen LogP contribution is 2.42. The number of hydrogen-bond donors (Lipinski definition) is 1. The summed E-state index contributed by atoms with van der Waals surface area (Å²) in [5.41, 5.74) is 1.71. The maximum atomic E-state index is 13.3. The molecule has 0 saturated carbocycles. The van der Waals surface area contributed by atoms with Gasteiger partial charge in [0, 0.05) is 17.7 Å². The van der Waals surface area contributed by atoms with Crippen LogP contribution in [-0.2, 0) is 21.5 Å². The molecule has 1 atom stereocenters. The van der Waals surface area contributed by atoms with E-state index in [4.69, 9.17) is 18.6 Å².